The highest BCUT2D eigenvalue weighted by Crippen LogP contribution is 2.46. The number of hydrogen-bond donors (Lipinski definition) is 2. The summed E-state index contributed by atoms with van der Waals surface area (Å²) in [5.74, 6) is -1.70. The van der Waals surface area contributed by atoms with Gasteiger partial charge >= 0.3 is 0 Å². The average Bonchev–Trinajstić information content (AvgIpc) is 2.03. The highest BCUT2D eigenvalue weighted by Gasteiger charge is 2.21. The zero-order chi connectivity index (χ0) is 10.0. The molecule has 1 atom stereocenters. The molecule has 0 spiro atoms. The molecule has 1 aromatic carbocycles. The van der Waals surface area contributed by atoms with Crippen LogP contribution in [0.3, 0.4) is 0 Å². The van der Waals surface area contributed by atoms with Crippen LogP contribution in [-0.4, -0.2) is 9.79 Å². The maximum atomic E-state index is 13.1. The van der Waals surface area contributed by atoms with Crippen molar-refractivity contribution in [1.29, 1.82) is 0 Å². The second-order valence-corrected chi connectivity index (χ2v) is 4.63. The molecule has 13 heavy (non-hydrogen) atoms. The van der Waals surface area contributed by atoms with Gasteiger partial charge in [0.1, 0.15) is 0 Å². The van der Waals surface area contributed by atoms with E-state index < -0.39 is 14.3 Å². The van der Waals surface area contributed by atoms with E-state index in [1.165, 1.54) is 0 Å². The smallest absolute Gasteiger partial charge is 0.206 e. The summed E-state index contributed by atoms with van der Waals surface area (Å²) < 4.78 is 13.7. The van der Waals surface area contributed by atoms with Gasteiger partial charge in [-0.05, 0) is 18.6 Å². The average molecular weight is 267 g/mol. The first-order chi connectivity index (χ1) is 6.02. The Morgan fingerprint density at radius 3 is 2.54 bits per heavy atom. The lowest BCUT2D eigenvalue weighted by Gasteiger charge is -2.11. The van der Waals surface area contributed by atoms with Crippen LogP contribution >= 0.6 is 24.3 Å². The molecule has 0 radical (unpaired) electrons. The van der Waals surface area contributed by atoms with Crippen LogP contribution in [-0.2, 0) is 0 Å². The third-order valence-electron chi connectivity index (χ3n) is 1.62. The summed E-state index contributed by atoms with van der Waals surface area (Å²) in [5.41, 5.74) is 1.27. The molecule has 1 rings (SSSR count). The molecular formula is C8H9BrFO2P. The van der Waals surface area contributed by atoms with Gasteiger partial charge < -0.3 is 9.79 Å². The lowest BCUT2D eigenvalue weighted by atomic mass is 10.2. The van der Waals surface area contributed by atoms with Gasteiger partial charge in [-0.3, -0.25) is 0 Å². The van der Waals surface area contributed by atoms with Crippen molar-refractivity contribution in [1.82, 2.24) is 0 Å². The lowest BCUT2D eigenvalue weighted by molar-refractivity contribution is 0.372. The first-order valence-corrected chi connectivity index (χ1v) is 5.70. The molecule has 2 nitrogen and oxygen atoms in total. The summed E-state index contributed by atoms with van der Waals surface area (Å²) in [7, 11) is -2.56. The van der Waals surface area contributed by atoms with Crippen LogP contribution in [0.25, 0.3) is 0 Å². The van der Waals surface area contributed by atoms with Crippen molar-refractivity contribution in [2.75, 3.05) is 0 Å². The molecule has 2 N–H and O–H groups in total. The largest absolute Gasteiger partial charge is 0.348 e. The van der Waals surface area contributed by atoms with E-state index in [1.54, 1.807) is 18.2 Å². The predicted molar refractivity (Wildman–Crippen MR) is 54.1 cm³/mol. The van der Waals surface area contributed by atoms with Gasteiger partial charge in [-0.2, -0.15) is 0 Å². The SMILES string of the molecule is Cc1ccc(C(F)P(O)O)c(Br)c1. The van der Waals surface area contributed by atoms with E-state index in [2.05, 4.69) is 15.9 Å². The van der Waals surface area contributed by atoms with Crippen LogP contribution in [0.5, 0.6) is 0 Å². The molecule has 1 unspecified atom stereocenters. The molecule has 72 valence electrons. The second kappa shape index (κ2) is 4.47. The highest BCUT2D eigenvalue weighted by molar-refractivity contribution is 9.10. The van der Waals surface area contributed by atoms with Gasteiger partial charge in [0.25, 0.3) is 0 Å². The van der Waals surface area contributed by atoms with Gasteiger partial charge in [-0.15, -0.1) is 0 Å². The van der Waals surface area contributed by atoms with E-state index >= 15 is 0 Å². The van der Waals surface area contributed by atoms with Crippen molar-refractivity contribution < 1.29 is 14.2 Å². The normalized spacial score (nSPS) is 13.4. The molecule has 0 heterocycles. The van der Waals surface area contributed by atoms with E-state index in [0.717, 1.165) is 5.56 Å². The van der Waals surface area contributed by atoms with Crippen molar-refractivity contribution in [3.05, 3.63) is 33.8 Å². The fourth-order valence-corrected chi connectivity index (χ4v) is 2.29. The van der Waals surface area contributed by atoms with Crippen LogP contribution < -0.4 is 0 Å². The zero-order valence-electron chi connectivity index (χ0n) is 6.91. The number of halogens is 2. The van der Waals surface area contributed by atoms with E-state index in [-0.39, 0.29) is 5.56 Å². The molecule has 0 bridgehead atoms. The Labute approximate surface area is 85.5 Å². The van der Waals surface area contributed by atoms with Crippen LogP contribution in [0, 0.1) is 6.92 Å². The molecule has 0 aromatic heterocycles. The van der Waals surface area contributed by atoms with Gasteiger partial charge in [0, 0.05) is 10.0 Å². The van der Waals surface area contributed by atoms with Crippen LogP contribution in [0.2, 0.25) is 0 Å². The minimum Gasteiger partial charge on any atom is -0.348 e. The third kappa shape index (κ3) is 2.71. The van der Waals surface area contributed by atoms with Gasteiger partial charge in [0.15, 0.2) is 5.91 Å². The quantitative estimate of drug-likeness (QED) is 0.808. The highest BCUT2D eigenvalue weighted by atomic mass is 79.9. The van der Waals surface area contributed by atoms with E-state index in [9.17, 15) is 4.39 Å². The van der Waals surface area contributed by atoms with Crippen LogP contribution in [0.15, 0.2) is 22.7 Å². The summed E-state index contributed by atoms with van der Waals surface area (Å²) in [6.45, 7) is 1.88. The number of hydrogen-bond acceptors (Lipinski definition) is 2. The summed E-state index contributed by atoms with van der Waals surface area (Å²) in [6.07, 6.45) is 0. The Hall–Kier alpha value is -0.0200. The minimum atomic E-state index is -2.56. The number of benzene rings is 1. The Kier molecular flexibility index (Phi) is 3.80. The lowest BCUT2D eigenvalue weighted by Crippen LogP contribution is -1.91. The summed E-state index contributed by atoms with van der Waals surface area (Å²) >= 11 is 3.16. The molecule has 0 amide bonds. The van der Waals surface area contributed by atoms with Crippen molar-refractivity contribution in [2.45, 2.75) is 12.8 Å². The van der Waals surface area contributed by atoms with E-state index in [1.807, 2.05) is 6.92 Å². The topological polar surface area (TPSA) is 40.5 Å². The molecule has 0 aliphatic heterocycles. The number of aryl methyl sites for hydroxylation is 1. The van der Waals surface area contributed by atoms with Gasteiger partial charge in [-0.25, -0.2) is 4.39 Å². The molecular weight excluding hydrogens is 258 g/mol. The fraction of sp³-hybridized carbons (Fsp3) is 0.250. The monoisotopic (exact) mass is 266 g/mol. The standard InChI is InChI=1S/C8H9BrFO2P/c1-5-2-3-6(7(9)4-5)8(10)13(11)12/h2-4,8,11-12H,1H3. The Morgan fingerprint density at radius 1 is 1.46 bits per heavy atom. The van der Waals surface area contributed by atoms with Crippen molar-refractivity contribution in [2.24, 2.45) is 0 Å². The Morgan fingerprint density at radius 2 is 2.08 bits per heavy atom. The van der Waals surface area contributed by atoms with Crippen molar-refractivity contribution in [3.63, 3.8) is 0 Å². The number of rotatable bonds is 2. The third-order valence-corrected chi connectivity index (χ3v) is 2.99. The summed E-state index contributed by atoms with van der Waals surface area (Å²) in [6, 6.07) is 5.01. The zero-order valence-corrected chi connectivity index (χ0v) is 9.39. The Bertz CT molecular complexity index is 306. The maximum Gasteiger partial charge on any atom is 0.206 e. The molecule has 0 fully saturated rings. The molecule has 1 aromatic rings. The van der Waals surface area contributed by atoms with E-state index in [4.69, 9.17) is 9.79 Å². The first kappa shape index (κ1) is 11.1. The fourth-order valence-electron chi connectivity index (χ4n) is 0.950. The minimum absolute atomic E-state index is 0.279. The summed E-state index contributed by atoms with van der Waals surface area (Å²) in [4.78, 5) is 17.4. The molecule has 0 saturated heterocycles. The van der Waals surface area contributed by atoms with Gasteiger partial charge in [-0.1, -0.05) is 28.1 Å². The van der Waals surface area contributed by atoms with Crippen LogP contribution in [0.1, 0.15) is 17.0 Å². The molecule has 5 heteroatoms. The molecule has 0 aliphatic carbocycles. The van der Waals surface area contributed by atoms with Gasteiger partial charge in [0.2, 0.25) is 8.38 Å². The van der Waals surface area contributed by atoms with Gasteiger partial charge in [0.05, 0.1) is 0 Å². The first-order valence-electron chi connectivity index (χ1n) is 3.59. The summed E-state index contributed by atoms with van der Waals surface area (Å²) in [5, 5.41) is 0. The number of alkyl halides is 1. The molecule has 0 aliphatic rings. The van der Waals surface area contributed by atoms with Crippen LogP contribution in [0.4, 0.5) is 4.39 Å². The molecule has 0 saturated carbocycles. The van der Waals surface area contributed by atoms with E-state index in [0.29, 0.717) is 4.47 Å². The second-order valence-electron chi connectivity index (χ2n) is 2.68. The Balaban J connectivity index is 3.01. The predicted octanol–water partition coefficient (Wildman–Crippen LogP) is 3.02. The van der Waals surface area contributed by atoms with Crippen molar-refractivity contribution >= 4 is 24.3 Å². The van der Waals surface area contributed by atoms with Crippen molar-refractivity contribution in [3.8, 4) is 0 Å². The maximum absolute atomic E-state index is 13.1.